The lowest BCUT2D eigenvalue weighted by Gasteiger charge is -2.19. The fourth-order valence-electron chi connectivity index (χ4n) is 2.09. The first-order chi connectivity index (χ1) is 12.7. The normalized spacial score (nSPS) is 10.7. The van der Waals surface area contributed by atoms with E-state index in [-0.39, 0.29) is 11.3 Å². The van der Waals surface area contributed by atoms with Crippen LogP contribution in [0, 0.1) is 0 Å². The average molecular weight is 371 g/mol. The van der Waals surface area contributed by atoms with Crippen LogP contribution < -0.4 is 10.1 Å². The largest absolute Gasteiger partial charge is 0.465 e. The smallest absolute Gasteiger partial charge is 0.412 e. The van der Waals surface area contributed by atoms with Crippen LogP contribution in [0.3, 0.4) is 0 Å². The van der Waals surface area contributed by atoms with Gasteiger partial charge in [-0.15, -0.1) is 0 Å². The predicted octanol–water partition coefficient (Wildman–Crippen LogP) is 4.04. The van der Waals surface area contributed by atoms with E-state index < -0.39 is 23.6 Å². The average Bonchev–Trinajstić information content (AvgIpc) is 2.60. The van der Waals surface area contributed by atoms with Gasteiger partial charge in [-0.2, -0.15) is 0 Å². The number of carbonyl (C=O) groups excluding carboxylic acids is 3. The first kappa shape index (κ1) is 20.0. The Labute approximate surface area is 157 Å². The first-order valence-corrected chi connectivity index (χ1v) is 8.18. The molecule has 7 heteroatoms. The van der Waals surface area contributed by atoms with Gasteiger partial charge in [-0.05, 0) is 63.2 Å². The summed E-state index contributed by atoms with van der Waals surface area (Å²) in [6, 6.07) is 12.3. The molecule has 0 atom stereocenters. The fourth-order valence-corrected chi connectivity index (χ4v) is 2.09. The van der Waals surface area contributed by atoms with Gasteiger partial charge in [0.15, 0.2) is 0 Å². The molecule has 27 heavy (non-hydrogen) atoms. The van der Waals surface area contributed by atoms with Crippen molar-refractivity contribution in [2.45, 2.75) is 26.4 Å². The first-order valence-electron chi connectivity index (χ1n) is 8.18. The highest BCUT2D eigenvalue weighted by molar-refractivity contribution is 5.94. The molecular formula is C20H21NO6. The zero-order valence-electron chi connectivity index (χ0n) is 15.6. The van der Waals surface area contributed by atoms with Gasteiger partial charge in [-0.25, -0.2) is 14.4 Å². The van der Waals surface area contributed by atoms with Crippen molar-refractivity contribution in [3.05, 3.63) is 59.7 Å². The Balaban J connectivity index is 2.04. The Hall–Kier alpha value is -3.35. The molecule has 0 aliphatic heterocycles. The molecule has 0 aliphatic carbocycles. The zero-order valence-corrected chi connectivity index (χ0v) is 15.6. The third kappa shape index (κ3) is 6.14. The highest BCUT2D eigenvalue weighted by Gasteiger charge is 2.17. The molecule has 0 aromatic heterocycles. The molecule has 142 valence electrons. The summed E-state index contributed by atoms with van der Waals surface area (Å²) in [6.07, 6.45) is -0.619. The van der Waals surface area contributed by atoms with Gasteiger partial charge in [0.2, 0.25) is 0 Å². The second-order valence-electron chi connectivity index (χ2n) is 6.61. The minimum absolute atomic E-state index is 0.251. The van der Waals surface area contributed by atoms with Crippen LogP contribution in [-0.4, -0.2) is 30.7 Å². The van der Waals surface area contributed by atoms with Crippen LogP contribution in [0.5, 0.6) is 5.75 Å². The number of benzene rings is 2. The van der Waals surface area contributed by atoms with E-state index in [9.17, 15) is 14.4 Å². The number of anilines is 1. The highest BCUT2D eigenvalue weighted by Crippen LogP contribution is 2.17. The Bertz CT molecular complexity index is 836. The van der Waals surface area contributed by atoms with Gasteiger partial charge < -0.3 is 14.2 Å². The molecule has 2 aromatic carbocycles. The number of amides is 1. The number of ether oxygens (including phenoxy) is 3. The van der Waals surface area contributed by atoms with Crippen molar-refractivity contribution in [2.75, 3.05) is 12.4 Å². The second kappa shape index (κ2) is 8.35. The maximum Gasteiger partial charge on any atom is 0.412 e. The molecular weight excluding hydrogens is 350 g/mol. The Morgan fingerprint density at radius 3 is 2.15 bits per heavy atom. The van der Waals surface area contributed by atoms with Crippen LogP contribution in [0.2, 0.25) is 0 Å². The summed E-state index contributed by atoms with van der Waals surface area (Å²) in [5, 5.41) is 2.56. The van der Waals surface area contributed by atoms with E-state index in [0.717, 1.165) is 0 Å². The zero-order chi connectivity index (χ0) is 20.0. The standard InChI is InChI=1S/C20H21NO6/c1-20(2,3)27-19(24)21-15-7-5-6-14(12-15)18(23)26-16-10-8-13(9-11-16)17(22)25-4/h5-12H,1-4H3,(H,21,24). The monoisotopic (exact) mass is 371 g/mol. The van der Waals surface area contributed by atoms with Crippen LogP contribution in [0.4, 0.5) is 10.5 Å². The summed E-state index contributed by atoms with van der Waals surface area (Å²) in [4.78, 5) is 35.5. The number of hydrogen-bond donors (Lipinski definition) is 1. The number of nitrogens with one attached hydrogen (secondary N) is 1. The van der Waals surface area contributed by atoms with Crippen molar-refractivity contribution in [3.8, 4) is 5.75 Å². The Morgan fingerprint density at radius 2 is 1.56 bits per heavy atom. The van der Waals surface area contributed by atoms with E-state index in [1.807, 2.05) is 0 Å². The molecule has 0 saturated carbocycles. The molecule has 2 aromatic rings. The summed E-state index contributed by atoms with van der Waals surface area (Å²) < 4.78 is 15.1. The van der Waals surface area contributed by atoms with Crippen molar-refractivity contribution in [1.29, 1.82) is 0 Å². The lowest BCUT2D eigenvalue weighted by molar-refractivity contribution is 0.0598. The maximum absolute atomic E-state index is 12.3. The van der Waals surface area contributed by atoms with Crippen molar-refractivity contribution < 1.29 is 28.6 Å². The third-order valence-corrected chi connectivity index (χ3v) is 3.23. The van der Waals surface area contributed by atoms with Gasteiger partial charge >= 0.3 is 18.0 Å². The molecule has 2 rings (SSSR count). The molecule has 0 radical (unpaired) electrons. The van der Waals surface area contributed by atoms with Gasteiger partial charge in [0, 0.05) is 5.69 Å². The Kier molecular flexibility index (Phi) is 6.18. The van der Waals surface area contributed by atoms with Crippen molar-refractivity contribution in [2.24, 2.45) is 0 Å². The van der Waals surface area contributed by atoms with E-state index in [1.165, 1.54) is 37.4 Å². The molecule has 0 spiro atoms. The van der Waals surface area contributed by atoms with Gasteiger partial charge in [0.25, 0.3) is 0 Å². The van der Waals surface area contributed by atoms with Crippen LogP contribution >= 0.6 is 0 Å². The van der Waals surface area contributed by atoms with Gasteiger partial charge in [-0.3, -0.25) is 5.32 Å². The van der Waals surface area contributed by atoms with E-state index >= 15 is 0 Å². The fraction of sp³-hybridized carbons (Fsp3) is 0.250. The summed E-state index contributed by atoms with van der Waals surface area (Å²) in [5.74, 6) is -0.805. The Morgan fingerprint density at radius 1 is 0.889 bits per heavy atom. The summed E-state index contributed by atoms with van der Waals surface area (Å²) in [5.41, 5.74) is 0.373. The molecule has 0 fully saturated rings. The highest BCUT2D eigenvalue weighted by atomic mass is 16.6. The summed E-state index contributed by atoms with van der Waals surface area (Å²) in [6.45, 7) is 5.27. The predicted molar refractivity (Wildman–Crippen MR) is 99.0 cm³/mol. The number of esters is 2. The molecule has 0 bridgehead atoms. The molecule has 0 heterocycles. The quantitative estimate of drug-likeness (QED) is 0.644. The lowest BCUT2D eigenvalue weighted by atomic mass is 10.2. The van der Waals surface area contributed by atoms with Crippen LogP contribution in [0.1, 0.15) is 41.5 Å². The van der Waals surface area contributed by atoms with Crippen LogP contribution in [-0.2, 0) is 9.47 Å². The van der Waals surface area contributed by atoms with Gasteiger partial charge in [-0.1, -0.05) is 6.07 Å². The number of carbonyl (C=O) groups is 3. The van der Waals surface area contributed by atoms with Crippen molar-refractivity contribution in [1.82, 2.24) is 0 Å². The number of hydrogen-bond acceptors (Lipinski definition) is 6. The second-order valence-corrected chi connectivity index (χ2v) is 6.61. The van der Waals surface area contributed by atoms with Gasteiger partial charge in [0.05, 0.1) is 18.2 Å². The maximum atomic E-state index is 12.3. The van der Waals surface area contributed by atoms with Crippen molar-refractivity contribution in [3.63, 3.8) is 0 Å². The lowest BCUT2D eigenvalue weighted by Crippen LogP contribution is -2.27. The molecule has 1 amide bonds. The van der Waals surface area contributed by atoms with Crippen LogP contribution in [0.25, 0.3) is 0 Å². The number of methoxy groups -OCH3 is 1. The molecule has 0 aliphatic rings. The minimum Gasteiger partial charge on any atom is -0.465 e. The minimum atomic E-state index is -0.628. The molecule has 0 unspecified atom stereocenters. The SMILES string of the molecule is COC(=O)c1ccc(OC(=O)c2cccc(NC(=O)OC(C)(C)C)c2)cc1. The van der Waals surface area contributed by atoms with Gasteiger partial charge in [0.1, 0.15) is 11.4 Å². The van der Waals surface area contributed by atoms with Crippen molar-refractivity contribution >= 4 is 23.7 Å². The topological polar surface area (TPSA) is 90.9 Å². The third-order valence-electron chi connectivity index (χ3n) is 3.23. The molecule has 1 N–H and O–H groups in total. The van der Waals surface area contributed by atoms with E-state index in [1.54, 1.807) is 39.0 Å². The van der Waals surface area contributed by atoms with E-state index in [0.29, 0.717) is 11.3 Å². The summed E-state index contributed by atoms with van der Waals surface area (Å²) in [7, 11) is 1.29. The molecule has 0 saturated heterocycles. The number of rotatable bonds is 4. The van der Waals surface area contributed by atoms with Crippen LogP contribution in [0.15, 0.2) is 48.5 Å². The molecule has 7 nitrogen and oxygen atoms in total. The van der Waals surface area contributed by atoms with E-state index in [4.69, 9.17) is 9.47 Å². The summed E-state index contributed by atoms with van der Waals surface area (Å²) >= 11 is 0. The van der Waals surface area contributed by atoms with E-state index in [2.05, 4.69) is 10.1 Å².